The maximum Gasteiger partial charge on any atom is 0.410 e. The van der Waals surface area contributed by atoms with E-state index in [1.807, 2.05) is 26.8 Å². The molecule has 0 fully saturated rings. The number of carbonyl (C=O) groups excluding carboxylic acids is 1. The van der Waals surface area contributed by atoms with Gasteiger partial charge in [-0.05, 0) is 32.4 Å². The van der Waals surface area contributed by atoms with Crippen LogP contribution >= 0.6 is 0 Å². The van der Waals surface area contributed by atoms with Gasteiger partial charge in [-0.15, -0.1) is 0 Å². The molecule has 5 heteroatoms. The minimum atomic E-state index is -0.455. The molecule has 0 aliphatic carbocycles. The van der Waals surface area contributed by atoms with Crippen molar-refractivity contribution in [2.45, 2.75) is 32.9 Å². The third kappa shape index (κ3) is 2.91. The Bertz CT molecular complexity index is 551. The van der Waals surface area contributed by atoms with Gasteiger partial charge in [0.2, 0.25) is 0 Å². The van der Waals surface area contributed by atoms with Crippen molar-refractivity contribution in [1.82, 2.24) is 4.90 Å². The van der Waals surface area contributed by atoms with Crippen LogP contribution in [0.1, 0.15) is 26.3 Å². The van der Waals surface area contributed by atoms with E-state index in [1.54, 1.807) is 4.90 Å². The summed E-state index contributed by atoms with van der Waals surface area (Å²) < 4.78 is 5.52. The Morgan fingerprint density at radius 3 is 2.81 bits per heavy atom. The van der Waals surface area contributed by atoms with Gasteiger partial charge in [-0.3, -0.25) is 0 Å². The minimum Gasteiger partial charge on any atom is -0.444 e. The molecule has 0 atom stereocenters. The fourth-order valence-electron chi connectivity index (χ4n) is 2.90. The molecule has 0 unspecified atom stereocenters. The predicted octanol–water partition coefficient (Wildman–Crippen LogP) is 2.67. The summed E-state index contributed by atoms with van der Waals surface area (Å²) in [5.74, 6) is 0. The lowest BCUT2D eigenvalue weighted by Gasteiger charge is -2.32. The summed E-state index contributed by atoms with van der Waals surface area (Å²) in [7, 11) is 0. The van der Waals surface area contributed by atoms with E-state index >= 15 is 0 Å². The van der Waals surface area contributed by atoms with E-state index in [1.165, 1.54) is 16.9 Å². The van der Waals surface area contributed by atoms with E-state index in [-0.39, 0.29) is 6.09 Å². The maximum atomic E-state index is 12.3. The first kappa shape index (κ1) is 14.0. The summed E-state index contributed by atoms with van der Waals surface area (Å²) in [5, 5.41) is 3.44. The molecule has 0 radical (unpaired) electrons. The van der Waals surface area contributed by atoms with Crippen LogP contribution in [0.15, 0.2) is 18.2 Å². The van der Waals surface area contributed by atoms with Gasteiger partial charge in [-0.25, -0.2) is 4.79 Å². The van der Waals surface area contributed by atoms with Crippen LogP contribution in [-0.4, -0.2) is 42.8 Å². The highest BCUT2D eigenvalue weighted by atomic mass is 16.6. The molecule has 0 saturated carbocycles. The van der Waals surface area contributed by atoms with Crippen molar-refractivity contribution < 1.29 is 9.53 Å². The van der Waals surface area contributed by atoms with Gasteiger partial charge in [-0.1, -0.05) is 12.1 Å². The van der Waals surface area contributed by atoms with Crippen molar-refractivity contribution in [2.24, 2.45) is 0 Å². The smallest absolute Gasteiger partial charge is 0.410 e. The van der Waals surface area contributed by atoms with Crippen molar-refractivity contribution >= 4 is 17.5 Å². The van der Waals surface area contributed by atoms with Crippen molar-refractivity contribution in [1.29, 1.82) is 0 Å². The van der Waals surface area contributed by atoms with Gasteiger partial charge in [0.15, 0.2) is 0 Å². The molecule has 1 aromatic rings. The van der Waals surface area contributed by atoms with Gasteiger partial charge >= 0.3 is 6.09 Å². The fraction of sp³-hybridized carbons (Fsp3) is 0.562. The predicted molar refractivity (Wildman–Crippen MR) is 83.8 cm³/mol. The second-order valence-corrected chi connectivity index (χ2v) is 6.63. The van der Waals surface area contributed by atoms with Crippen LogP contribution in [0.25, 0.3) is 0 Å². The highest BCUT2D eigenvalue weighted by Crippen LogP contribution is 2.35. The minimum absolute atomic E-state index is 0.229. The molecule has 2 heterocycles. The zero-order valence-corrected chi connectivity index (χ0v) is 13.0. The number of anilines is 2. The molecule has 0 aromatic heterocycles. The quantitative estimate of drug-likeness (QED) is 0.797. The molecule has 1 N–H and O–H groups in total. The lowest BCUT2D eigenvalue weighted by atomic mass is 10.1. The Morgan fingerprint density at radius 1 is 1.24 bits per heavy atom. The second kappa shape index (κ2) is 5.13. The summed E-state index contributed by atoms with van der Waals surface area (Å²) >= 11 is 0. The van der Waals surface area contributed by atoms with E-state index in [0.717, 1.165) is 19.6 Å². The third-order valence-electron chi connectivity index (χ3n) is 3.79. The molecular formula is C16H23N3O2. The molecule has 1 amide bonds. The van der Waals surface area contributed by atoms with E-state index in [0.29, 0.717) is 13.1 Å². The highest BCUT2D eigenvalue weighted by molar-refractivity contribution is 5.77. The number of rotatable bonds is 0. The van der Waals surface area contributed by atoms with Gasteiger partial charge in [-0.2, -0.15) is 0 Å². The van der Waals surface area contributed by atoms with Crippen LogP contribution in [0.5, 0.6) is 0 Å². The monoisotopic (exact) mass is 289 g/mol. The number of hydrogen-bond donors (Lipinski definition) is 1. The first-order valence-corrected chi connectivity index (χ1v) is 7.53. The number of hydrogen-bond acceptors (Lipinski definition) is 4. The van der Waals surface area contributed by atoms with Crippen molar-refractivity contribution in [2.75, 3.05) is 36.4 Å². The SMILES string of the molecule is CC(C)(C)OC(=O)N1CCN2CCNc3cccc(c32)C1. The number of para-hydroxylation sites is 1. The average Bonchev–Trinajstić information content (AvgIpc) is 2.59. The largest absolute Gasteiger partial charge is 0.444 e. The topological polar surface area (TPSA) is 44.8 Å². The molecule has 5 nitrogen and oxygen atoms in total. The van der Waals surface area contributed by atoms with Crippen molar-refractivity contribution in [3.8, 4) is 0 Å². The van der Waals surface area contributed by atoms with Gasteiger partial charge in [0.05, 0.1) is 17.9 Å². The van der Waals surface area contributed by atoms with Crippen molar-refractivity contribution in [3.63, 3.8) is 0 Å². The lowest BCUT2D eigenvalue weighted by molar-refractivity contribution is 0.0243. The Hall–Kier alpha value is -1.91. The number of nitrogens with zero attached hydrogens (tertiary/aromatic N) is 2. The second-order valence-electron chi connectivity index (χ2n) is 6.63. The Labute approximate surface area is 125 Å². The summed E-state index contributed by atoms with van der Waals surface area (Å²) in [6.07, 6.45) is -0.229. The summed E-state index contributed by atoms with van der Waals surface area (Å²) in [4.78, 5) is 16.5. The zero-order chi connectivity index (χ0) is 15.0. The molecule has 0 spiro atoms. The summed E-state index contributed by atoms with van der Waals surface area (Å²) in [6, 6.07) is 6.25. The normalized spacial score (nSPS) is 17.7. The van der Waals surface area contributed by atoms with Crippen LogP contribution in [0.3, 0.4) is 0 Å². The Kier molecular flexibility index (Phi) is 3.43. The molecule has 114 valence electrons. The third-order valence-corrected chi connectivity index (χ3v) is 3.79. The fourth-order valence-corrected chi connectivity index (χ4v) is 2.90. The van der Waals surface area contributed by atoms with Gasteiger partial charge < -0.3 is 19.9 Å². The van der Waals surface area contributed by atoms with Crippen LogP contribution in [-0.2, 0) is 11.3 Å². The summed E-state index contributed by atoms with van der Waals surface area (Å²) in [6.45, 7) is 9.79. The van der Waals surface area contributed by atoms with Crippen LogP contribution in [0.4, 0.5) is 16.2 Å². The lowest BCUT2D eigenvalue weighted by Crippen LogP contribution is -2.40. The van der Waals surface area contributed by atoms with E-state index in [4.69, 9.17) is 4.74 Å². The summed E-state index contributed by atoms with van der Waals surface area (Å²) in [5.41, 5.74) is 3.14. The molecule has 3 rings (SSSR count). The number of benzene rings is 1. The zero-order valence-electron chi connectivity index (χ0n) is 13.0. The van der Waals surface area contributed by atoms with Crippen molar-refractivity contribution in [3.05, 3.63) is 23.8 Å². The first-order valence-electron chi connectivity index (χ1n) is 7.53. The van der Waals surface area contributed by atoms with Crippen LogP contribution in [0.2, 0.25) is 0 Å². The standard InChI is InChI=1S/C16H23N3O2/c1-16(2,3)21-15(20)19-10-9-18-8-7-17-13-6-4-5-12(11-19)14(13)18/h4-6,17H,7-11H2,1-3H3. The molecule has 21 heavy (non-hydrogen) atoms. The van der Waals surface area contributed by atoms with E-state index in [9.17, 15) is 4.79 Å². The molecule has 1 aromatic carbocycles. The Morgan fingerprint density at radius 2 is 2.05 bits per heavy atom. The average molecular weight is 289 g/mol. The Balaban J connectivity index is 1.85. The van der Waals surface area contributed by atoms with E-state index < -0.39 is 5.60 Å². The number of ether oxygens (including phenoxy) is 1. The van der Waals surface area contributed by atoms with Gasteiger partial charge in [0.1, 0.15) is 5.60 Å². The first-order chi connectivity index (χ1) is 9.94. The van der Waals surface area contributed by atoms with Gasteiger partial charge in [0.25, 0.3) is 0 Å². The van der Waals surface area contributed by atoms with Gasteiger partial charge in [0, 0.05) is 26.2 Å². The molecular weight excluding hydrogens is 266 g/mol. The van der Waals surface area contributed by atoms with Crippen LogP contribution in [0, 0.1) is 0 Å². The highest BCUT2D eigenvalue weighted by Gasteiger charge is 2.29. The number of nitrogens with one attached hydrogen (secondary N) is 1. The molecule has 0 saturated heterocycles. The number of carbonyl (C=O) groups is 1. The molecule has 0 bridgehead atoms. The maximum absolute atomic E-state index is 12.3. The van der Waals surface area contributed by atoms with E-state index in [2.05, 4.69) is 22.3 Å². The molecule has 2 aliphatic heterocycles. The van der Waals surface area contributed by atoms with Crippen LogP contribution < -0.4 is 10.2 Å². The molecule has 2 aliphatic rings. The number of amides is 1.